The highest BCUT2D eigenvalue weighted by molar-refractivity contribution is 5.79. The maximum Gasteiger partial charge on any atom is 0.327 e. The van der Waals surface area contributed by atoms with Crippen LogP contribution < -0.4 is 10.2 Å². The van der Waals surface area contributed by atoms with Crippen LogP contribution in [0.2, 0.25) is 0 Å². The zero-order valence-electron chi connectivity index (χ0n) is 8.76. The van der Waals surface area contributed by atoms with Crippen molar-refractivity contribution in [3.63, 3.8) is 0 Å². The number of carboxylic acids is 1. The van der Waals surface area contributed by atoms with Gasteiger partial charge >= 0.3 is 5.97 Å². The van der Waals surface area contributed by atoms with E-state index in [-0.39, 0.29) is 5.75 Å². The monoisotopic (exact) mass is 222 g/mol. The van der Waals surface area contributed by atoms with Crippen LogP contribution >= 0.6 is 0 Å². The van der Waals surface area contributed by atoms with Gasteiger partial charge in [-0.2, -0.15) is 0 Å². The first-order valence-corrected chi connectivity index (χ1v) is 5.17. The van der Waals surface area contributed by atoms with Gasteiger partial charge in [0.1, 0.15) is 11.8 Å². The number of hydrogen-bond donors (Lipinski definition) is 3. The smallest absolute Gasteiger partial charge is 0.327 e. The van der Waals surface area contributed by atoms with Crippen LogP contribution in [0, 0.1) is 0 Å². The summed E-state index contributed by atoms with van der Waals surface area (Å²) in [6.07, 6.45) is 0. The lowest BCUT2D eigenvalue weighted by molar-refractivity contribution is -0.138. The van der Waals surface area contributed by atoms with Gasteiger partial charge in [-0.05, 0) is 12.1 Å². The third-order valence-electron chi connectivity index (χ3n) is 2.69. The molecule has 1 atom stereocenters. The minimum atomic E-state index is -0.851. The van der Waals surface area contributed by atoms with Gasteiger partial charge in [0.15, 0.2) is 0 Å². The van der Waals surface area contributed by atoms with Crippen molar-refractivity contribution in [3.8, 4) is 5.75 Å². The number of phenols is 1. The van der Waals surface area contributed by atoms with Crippen LogP contribution in [0.25, 0.3) is 0 Å². The fraction of sp³-hybridized carbons (Fsp3) is 0.364. The van der Waals surface area contributed by atoms with Gasteiger partial charge in [0.25, 0.3) is 0 Å². The topological polar surface area (TPSA) is 72.8 Å². The fourth-order valence-corrected chi connectivity index (χ4v) is 1.91. The van der Waals surface area contributed by atoms with Crippen LogP contribution in [0.4, 0.5) is 5.69 Å². The van der Waals surface area contributed by atoms with Gasteiger partial charge in [0.05, 0.1) is 0 Å². The highest BCUT2D eigenvalue weighted by atomic mass is 16.4. The summed E-state index contributed by atoms with van der Waals surface area (Å²) in [5, 5.41) is 21.5. The molecule has 5 nitrogen and oxygen atoms in total. The van der Waals surface area contributed by atoms with Crippen LogP contribution in [0.1, 0.15) is 0 Å². The molecule has 1 aliphatic heterocycles. The molecule has 0 spiro atoms. The van der Waals surface area contributed by atoms with Crippen molar-refractivity contribution in [2.24, 2.45) is 0 Å². The minimum absolute atomic E-state index is 0.153. The van der Waals surface area contributed by atoms with Crippen molar-refractivity contribution >= 4 is 11.7 Å². The first kappa shape index (κ1) is 10.8. The second-order valence-corrected chi connectivity index (χ2v) is 3.77. The summed E-state index contributed by atoms with van der Waals surface area (Å²) in [6.45, 7) is 1.80. The molecule has 3 N–H and O–H groups in total. The van der Waals surface area contributed by atoms with Crippen LogP contribution in [0.3, 0.4) is 0 Å². The summed E-state index contributed by atoms with van der Waals surface area (Å²) in [5.41, 5.74) is 0.744. The van der Waals surface area contributed by atoms with Crippen molar-refractivity contribution in [3.05, 3.63) is 24.3 Å². The Balaban J connectivity index is 2.26. The summed E-state index contributed by atoms with van der Waals surface area (Å²) in [5.74, 6) is -0.698. The number of rotatable bonds is 2. The van der Waals surface area contributed by atoms with E-state index in [0.29, 0.717) is 13.1 Å². The summed E-state index contributed by atoms with van der Waals surface area (Å²) >= 11 is 0. The second kappa shape index (κ2) is 4.40. The lowest BCUT2D eigenvalue weighted by Gasteiger charge is -2.35. The summed E-state index contributed by atoms with van der Waals surface area (Å²) in [7, 11) is 0. The van der Waals surface area contributed by atoms with Crippen LogP contribution in [-0.4, -0.2) is 41.9 Å². The molecule has 0 radical (unpaired) electrons. The standard InChI is InChI=1S/C11H14N2O3/c14-9-3-1-2-8(6-9)13-5-4-12-7-10(13)11(15)16/h1-3,6,10,12,14H,4-5,7H2,(H,15,16). The summed E-state index contributed by atoms with van der Waals surface area (Å²) in [6, 6.07) is 6.10. The van der Waals surface area contributed by atoms with Gasteiger partial charge in [0, 0.05) is 31.4 Å². The SMILES string of the molecule is O=C(O)C1CNCCN1c1cccc(O)c1. The van der Waals surface area contributed by atoms with E-state index in [2.05, 4.69) is 5.32 Å². The Kier molecular flexibility index (Phi) is 2.96. The molecule has 5 heteroatoms. The van der Waals surface area contributed by atoms with Crippen LogP contribution in [0.15, 0.2) is 24.3 Å². The van der Waals surface area contributed by atoms with Crippen molar-refractivity contribution in [2.75, 3.05) is 24.5 Å². The molecule has 1 heterocycles. The Morgan fingerprint density at radius 2 is 2.31 bits per heavy atom. The number of piperazine rings is 1. The Morgan fingerprint density at radius 3 is 3.00 bits per heavy atom. The van der Waals surface area contributed by atoms with E-state index < -0.39 is 12.0 Å². The average molecular weight is 222 g/mol. The Labute approximate surface area is 93.3 Å². The van der Waals surface area contributed by atoms with Gasteiger partial charge < -0.3 is 20.4 Å². The number of aliphatic carboxylic acids is 1. The molecule has 2 rings (SSSR count). The minimum Gasteiger partial charge on any atom is -0.508 e. The van der Waals surface area contributed by atoms with Gasteiger partial charge in [0.2, 0.25) is 0 Å². The molecule has 0 aromatic heterocycles. The molecule has 0 saturated carbocycles. The first-order valence-electron chi connectivity index (χ1n) is 5.17. The van der Waals surface area contributed by atoms with Gasteiger partial charge in [-0.1, -0.05) is 6.07 Å². The number of phenolic OH excluding ortho intramolecular Hbond substituents is 1. The number of hydrogen-bond acceptors (Lipinski definition) is 4. The van der Waals surface area contributed by atoms with E-state index in [1.54, 1.807) is 29.2 Å². The molecule has 1 aromatic carbocycles. The van der Waals surface area contributed by atoms with E-state index in [4.69, 9.17) is 5.11 Å². The third-order valence-corrected chi connectivity index (χ3v) is 2.69. The zero-order valence-corrected chi connectivity index (χ0v) is 8.76. The highest BCUT2D eigenvalue weighted by Crippen LogP contribution is 2.22. The normalized spacial score (nSPS) is 20.8. The zero-order chi connectivity index (χ0) is 11.5. The van der Waals surface area contributed by atoms with Crippen molar-refractivity contribution in [2.45, 2.75) is 6.04 Å². The number of anilines is 1. The molecule has 86 valence electrons. The number of carboxylic acid groups (broad SMARTS) is 1. The largest absolute Gasteiger partial charge is 0.508 e. The van der Waals surface area contributed by atoms with Gasteiger partial charge in [-0.25, -0.2) is 4.79 Å². The Hall–Kier alpha value is -1.75. The van der Waals surface area contributed by atoms with E-state index in [0.717, 1.165) is 12.2 Å². The molecule has 1 saturated heterocycles. The predicted octanol–water partition coefficient (Wildman–Crippen LogP) is 0.255. The molecular weight excluding hydrogens is 208 g/mol. The molecule has 0 amide bonds. The molecule has 1 aromatic rings. The van der Waals surface area contributed by atoms with Crippen molar-refractivity contribution in [1.82, 2.24) is 5.32 Å². The fourth-order valence-electron chi connectivity index (χ4n) is 1.91. The third kappa shape index (κ3) is 2.09. The van der Waals surface area contributed by atoms with E-state index >= 15 is 0 Å². The average Bonchev–Trinajstić information content (AvgIpc) is 2.29. The molecule has 1 aliphatic rings. The number of nitrogens with one attached hydrogen (secondary N) is 1. The first-order chi connectivity index (χ1) is 7.68. The molecule has 1 unspecified atom stereocenters. The quantitative estimate of drug-likeness (QED) is 0.669. The number of aromatic hydroxyl groups is 1. The summed E-state index contributed by atoms with van der Waals surface area (Å²) < 4.78 is 0. The molecule has 1 fully saturated rings. The summed E-state index contributed by atoms with van der Waals surface area (Å²) in [4.78, 5) is 12.9. The molecular formula is C11H14N2O3. The number of carbonyl (C=O) groups is 1. The molecule has 0 aliphatic carbocycles. The van der Waals surface area contributed by atoms with Crippen molar-refractivity contribution in [1.29, 1.82) is 0 Å². The van der Waals surface area contributed by atoms with Crippen LogP contribution in [0.5, 0.6) is 5.75 Å². The van der Waals surface area contributed by atoms with E-state index in [9.17, 15) is 9.90 Å². The second-order valence-electron chi connectivity index (χ2n) is 3.77. The molecule has 0 bridgehead atoms. The van der Waals surface area contributed by atoms with Gasteiger partial charge in [-0.15, -0.1) is 0 Å². The number of nitrogens with zero attached hydrogens (tertiary/aromatic N) is 1. The Morgan fingerprint density at radius 1 is 1.50 bits per heavy atom. The highest BCUT2D eigenvalue weighted by Gasteiger charge is 2.28. The lowest BCUT2D eigenvalue weighted by atomic mass is 10.1. The predicted molar refractivity (Wildman–Crippen MR) is 59.7 cm³/mol. The Bertz CT molecular complexity index is 395. The van der Waals surface area contributed by atoms with Crippen molar-refractivity contribution < 1.29 is 15.0 Å². The number of benzene rings is 1. The van der Waals surface area contributed by atoms with Crippen LogP contribution in [-0.2, 0) is 4.79 Å². The maximum absolute atomic E-state index is 11.1. The molecule has 16 heavy (non-hydrogen) atoms. The lowest BCUT2D eigenvalue weighted by Crippen LogP contribution is -2.55. The van der Waals surface area contributed by atoms with E-state index in [1.165, 1.54) is 0 Å². The maximum atomic E-state index is 11.1. The van der Waals surface area contributed by atoms with Gasteiger partial charge in [-0.3, -0.25) is 0 Å². The van der Waals surface area contributed by atoms with E-state index in [1.807, 2.05) is 0 Å².